The van der Waals surface area contributed by atoms with Crippen LogP contribution in [0.3, 0.4) is 0 Å². The summed E-state index contributed by atoms with van der Waals surface area (Å²) in [5.41, 5.74) is 1.69. The maximum absolute atomic E-state index is 12.4. The van der Waals surface area contributed by atoms with Crippen molar-refractivity contribution in [2.45, 2.75) is 38.1 Å². The number of amides is 3. The van der Waals surface area contributed by atoms with E-state index in [-0.39, 0.29) is 18.5 Å². The van der Waals surface area contributed by atoms with Gasteiger partial charge in [0.1, 0.15) is 0 Å². The van der Waals surface area contributed by atoms with Gasteiger partial charge in [0.2, 0.25) is 11.8 Å². The zero-order valence-corrected chi connectivity index (χ0v) is 15.9. The number of aromatic nitrogens is 2. The van der Waals surface area contributed by atoms with Crippen LogP contribution in [0.4, 0.5) is 10.5 Å². The lowest BCUT2D eigenvalue weighted by atomic mass is 10.1. The normalized spacial score (nSPS) is 13.3. The largest absolute Gasteiger partial charge is 0.349 e. The standard InChI is InChI=1S/C19H25N5O3/c1-23(2)17(25)10-7-13-5-4-6-15(11-13)20-19(26)24(3)12-16-21-18(27-22-16)14-8-9-14/h4-6,11,14H,7-10,12H2,1-3H3,(H,20,26). The summed E-state index contributed by atoms with van der Waals surface area (Å²) in [6.45, 7) is 0.277. The number of rotatable bonds is 7. The predicted molar refractivity (Wildman–Crippen MR) is 100 cm³/mol. The number of aryl methyl sites for hydroxylation is 1. The van der Waals surface area contributed by atoms with Gasteiger partial charge < -0.3 is 19.6 Å². The second-order valence-corrected chi connectivity index (χ2v) is 7.10. The second kappa shape index (κ2) is 8.20. The number of carbonyl (C=O) groups excluding carboxylic acids is 2. The van der Waals surface area contributed by atoms with Crippen molar-refractivity contribution in [3.8, 4) is 0 Å². The Morgan fingerprint density at radius 1 is 1.26 bits per heavy atom. The van der Waals surface area contributed by atoms with Crippen molar-refractivity contribution in [3.05, 3.63) is 41.5 Å². The Labute approximate surface area is 158 Å². The van der Waals surface area contributed by atoms with E-state index >= 15 is 0 Å². The Hall–Kier alpha value is -2.90. The maximum atomic E-state index is 12.4. The van der Waals surface area contributed by atoms with Crippen molar-refractivity contribution < 1.29 is 14.1 Å². The molecule has 8 heteroatoms. The van der Waals surface area contributed by atoms with E-state index in [9.17, 15) is 9.59 Å². The Morgan fingerprint density at radius 2 is 2.04 bits per heavy atom. The smallest absolute Gasteiger partial charge is 0.321 e. The average Bonchev–Trinajstić information content (AvgIpc) is 3.39. The van der Waals surface area contributed by atoms with Gasteiger partial charge in [0, 0.05) is 39.2 Å². The fraction of sp³-hybridized carbons (Fsp3) is 0.474. The van der Waals surface area contributed by atoms with E-state index in [1.807, 2.05) is 24.3 Å². The molecule has 27 heavy (non-hydrogen) atoms. The minimum absolute atomic E-state index is 0.0786. The summed E-state index contributed by atoms with van der Waals surface area (Å²) in [6.07, 6.45) is 3.25. The number of benzene rings is 1. The third-order valence-corrected chi connectivity index (χ3v) is 4.44. The highest BCUT2D eigenvalue weighted by molar-refractivity contribution is 5.89. The van der Waals surface area contributed by atoms with Crippen LogP contribution in [0, 0.1) is 0 Å². The van der Waals surface area contributed by atoms with E-state index in [1.54, 1.807) is 26.0 Å². The van der Waals surface area contributed by atoms with Crippen LogP contribution in [0.1, 0.15) is 42.5 Å². The number of hydrogen-bond donors (Lipinski definition) is 1. The Bertz CT molecular complexity index is 813. The van der Waals surface area contributed by atoms with Crippen LogP contribution in [0.2, 0.25) is 0 Å². The first-order valence-electron chi connectivity index (χ1n) is 9.06. The first kappa shape index (κ1) is 18.9. The van der Waals surface area contributed by atoms with Gasteiger partial charge in [0.05, 0.1) is 6.54 Å². The molecule has 8 nitrogen and oxygen atoms in total. The molecule has 0 spiro atoms. The van der Waals surface area contributed by atoms with Gasteiger partial charge in [-0.3, -0.25) is 4.79 Å². The van der Waals surface area contributed by atoms with Crippen molar-refractivity contribution in [2.24, 2.45) is 0 Å². The van der Waals surface area contributed by atoms with Crippen LogP contribution in [-0.4, -0.2) is 53.0 Å². The minimum Gasteiger partial charge on any atom is -0.349 e. The highest BCUT2D eigenvalue weighted by atomic mass is 16.5. The molecule has 1 aromatic heterocycles. The molecule has 1 heterocycles. The zero-order chi connectivity index (χ0) is 19.4. The van der Waals surface area contributed by atoms with Gasteiger partial charge in [0.15, 0.2) is 5.82 Å². The molecule has 0 atom stereocenters. The molecule has 1 fully saturated rings. The molecule has 0 saturated heterocycles. The quantitative estimate of drug-likeness (QED) is 0.808. The molecular weight excluding hydrogens is 346 g/mol. The summed E-state index contributed by atoms with van der Waals surface area (Å²) in [6, 6.07) is 7.26. The van der Waals surface area contributed by atoms with Crippen molar-refractivity contribution >= 4 is 17.6 Å². The summed E-state index contributed by atoms with van der Waals surface area (Å²) in [5.74, 6) is 1.65. The first-order chi connectivity index (χ1) is 12.9. The third-order valence-electron chi connectivity index (χ3n) is 4.44. The van der Waals surface area contributed by atoms with E-state index in [0.29, 0.717) is 36.2 Å². The number of carbonyl (C=O) groups is 2. The number of nitrogens with one attached hydrogen (secondary N) is 1. The lowest BCUT2D eigenvalue weighted by Crippen LogP contribution is -2.31. The number of urea groups is 1. The van der Waals surface area contributed by atoms with Gasteiger partial charge in [0.25, 0.3) is 0 Å². The zero-order valence-electron chi connectivity index (χ0n) is 15.9. The average molecular weight is 371 g/mol. The molecule has 0 radical (unpaired) electrons. The molecule has 2 aromatic rings. The number of nitrogens with zero attached hydrogens (tertiary/aromatic N) is 4. The van der Waals surface area contributed by atoms with Crippen molar-refractivity contribution in [1.82, 2.24) is 19.9 Å². The van der Waals surface area contributed by atoms with E-state index in [2.05, 4.69) is 15.5 Å². The first-order valence-corrected chi connectivity index (χ1v) is 9.06. The Morgan fingerprint density at radius 3 is 2.74 bits per heavy atom. The van der Waals surface area contributed by atoms with Crippen molar-refractivity contribution in [3.63, 3.8) is 0 Å². The van der Waals surface area contributed by atoms with Gasteiger partial charge in [-0.05, 0) is 37.0 Å². The molecule has 0 bridgehead atoms. The molecule has 0 aliphatic heterocycles. The molecular formula is C19H25N5O3. The molecule has 1 N–H and O–H groups in total. The summed E-state index contributed by atoms with van der Waals surface area (Å²) in [4.78, 5) is 31.5. The fourth-order valence-corrected chi connectivity index (χ4v) is 2.61. The van der Waals surface area contributed by atoms with Crippen molar-refractivity contribution in [1.29, 1.82) is 0 Å². The fourth-order valence-electron chi connectivity index (χ4n) is 2.61. The van der Waals surface area contributed by atoms with Crippen molar-refractivity contribution in [2.75, 3.05) is 26.5 Å². The van der Waals surface area contributed by atoms with E-state index in [1.165, 1.54) is 4.90 Å². The third kappa shape index (κ3) is 5.29. The second-order valence-electron chi connectivity index (χ2n) is 7.10. The molecule has 1 aliphatic rings. The topological polar surface area (TPSA) is 91.6 Å². The van der Waals surface area contributed by atoms with Crippen LogP contribution in [-0.2, 0) is 17.8 Å². The molecule has 3 rings (SSSR count). The summed E-state index contributed by atoms with van der Waals surface area (Å²) < 4.78 is 5.22. The van der Waals surface area contributed by atoms with Gasteiger partial charge in [-0.15, -0.1) is 0 Å². The van der Waals surface area contributed by atoms with Crippen LogP contribution >= 0.6 is 0 Å². The highest BCUT2D eigenvalue weighted by Crippen LogP contribution is 2.38. The monoisotopic (exact) mass is 371 g/mol. The van der Waals surface area contributed by atoms with Gasteiger partial charge in [-0.1, -0.05) is 17.3 Å². The Balaban J connectivity index is 1.53. The molecule has 3 amide bonds. The van der Waals surface area contributed by atoms with Crippen LogP contribution in [0.5, 0.6) is 0 Å². The molecule has 1 saturated carbocycles. The number of anilines is 1. The number of hydrogen-bond acceptors (Lipinski definition) is 5. The summed E-state index contributed by atoms with van der Waals surface area (Å²) in [7, 11) is 5.17. The molecule has 0 unspecified atom stereocenters. The lowest BCUT2D eigenvalue weighted by Gasteiger charge is -2.16. The molecule has 144 valence electrons. The Kier molecular flexibility index (Phi) is 5.73. The van der Waals surface area contributed by atoms with Gasteiger partial charge >= 0.3 is 6.03 Å². The summed E-state index contributed by atoms with van der Waals surface area (Å²) in [5, 5.41) is 6.79. The summed E-state index contributed by atoms with van der Waals surface area (Å²) >= 11 is 0. The highest BCUT2D eigenvalue weighted by Gasteiger charge is 2.29. The van der Waals surface area contributed by atoms with E-state index < -0.39 is 0 Å². The predicted octanol–water partition coefficient (Wildman–Crippen LogP) is 2.63. The van der Waals surface area contributed by atoms with Gasteiger partial charge in [-0.25, -0.2) is 4.79 Å². The minimum atomic E-state index is -0.255. The maximum Gasteiger partial charge on any atom is 0.321 e. The van der Waals surface area contributed by atoms with E-state index in [4.69, 9.17) is 4.52 Å². The van der Waals surface area contributed by atoms with Crippen LogP contribution < -0.4 is 5.32 Å². The van der Waals surface area contributed by atoms with Crippen LogP contribution in [0.25, 0.3) is 0 Å². The van der Waals surface area contributed by atoms with Gasteiger partial charge in [-0.2, -0.15) is 4.98 Å². The molecule has 1 aliphatic carbocycles. The van der Waals surface area contributed by atoms with Crippen LogP contribution in [0.15, 0.2) is 28.8 Å². The SMILES string of the molecule is CN(C)C(=O)CCc1cccc(NC(=O)N(C)Cc2noc(C3CC3)n2)c1. The lowest BCUT2D eigenvalue weighted by molar-refractivity contribution is -0.128. The van der Waals surface area contributed by atoms with E-state index in [0.717, 1.165) is 18.4 Å². The molecule has 1 aromatic carbocycles.